The summed E-state index contributed by atoms with van der Waals surface area (Å²) < 4.78 is 17.0. The van der Waals surface area contributed by atoms with E-state index in [9.17, 15) is 4.57 Å². The topological polar surface area (TPSA) is 38.7 Å². The normalized spacial score (nSPS) is 11.1. The van der Waals surface area contributed by atoms with Gasteiger partial charge in [0.2, 0.25) is 0 Å². The molecule has 0 saturated heterocycles. The van der Waals surface area contributed by atoms with E-state index in [4.69, 9.17) is 4.62 Å². The van der Waals surface area contributed by atoms with E-state index in [1.807, 2.05) is 27.7 Å². The van der Waals surface area contributed by atoms with E-state index in [1.165, 1.54) is 22.8 Å². The summed E-state index contributed by atoms with van der Waals surface area (Å²) in [6.45, 7) is 7.55. The van der Waals surface area contributed by atoms with Crippen LogP contribution in [0.2, 0.25) is 0 Å². The zero-order chi connectivity index (χ0) is 10.3. The Morgan fingerprint density at radius 3 is 2.08 bits per heavy atom. The van der Waals surface area contributed by atoms with Crippen LogP contribution in [0.3, 0.4) is 0 Å². The molecule has 0 aromatic carbocycles. The predicted octanol–water partition coefficient (Wildman–Crippen LogP) is 4.01. The summed E-state index contributed by atoms with van der Waals surface area (Å²) in [6.07, 6.45) is 0. The van der Waals surface area contributed by atoms with Crippen LogP contribution in [0.1, 0.15) is 27.7 Å². The summed E-state index contributed by atoms with van der Waals surface area (Å²) in [7, 11) is 0. The van der Waals surface area contributed by atoms with Crippen molar-refractivity contribution in [3.05, 3.63) is 0 Å². The Labute approximate surface area is 88.0 Å². The molecule has 3 nitrogen and oxygen atoms in total. The Morgan fingerprint density at radius 2 is 1.77 bits per heavy atom. The lowest BCUT2D eigenvalue weighted by molar-refractivity contribution is 0.358. The minimum atomic E-state index is -2.63. The molecular formula is C7H16NO2PS2. The van der Waals surface area contributed by atoms with E-state index >= 15 is 0 Å². The predicted molar refractivity (Wildman–Crippen MR) is 63.7 cm³/mol. The summed E-state index contributed by atoms with van der Waals surface area (Å²) in [5.74, 6) is -1.07. The Bertz CT molecular complexity index is 207. The molecule has 0 heterocycles. The van der Waals surface area contributed by atoms with E-state index < -0.39 is 5.77 Å². The molecule has 0 fully saturated rings. The Kier molecular flexibility index (Phi) is 7.00. The molecule has 0 spiro atoms. The third-order valence-electron chi connectivity index (χ3n) is 0.898. The molecule has 0 aliphatic heterocycles. The molecule has 0 aliphatic rings. The van der Waals surface area contributed by atoms with Gasteiger partial charge in [-0.15, -0.1) is 0 Å². The first-order valence-corrected chi connectivity index (χ1v) is 8.93. The third-order valence-corrected chi connectivity index (χ3v) is 8.07. The molecule has 0 unspecified atom stereocenters. The van der Waals surface area contributed by atoms with Gasteiger partial charge in [-0.2, -0.15) is 0 Å². The molecule has 0 aromatic rings. The second-order valence-corrected chi connectivity index (χ2v) is 10.3. The van der Waals surface area contributed by atoms with Crippen molar-refractivity contribution in [2.75, 3.05) is 11.5 Å². The van der Waals surface area contributed by atoms with Crippen molar-refractivity contribution in [2.45, 2.75) is 27.7 Å². The standard InChI is InChI=1S/C7H16NO2PS2/c1-5-12-11(9,13-6-2)10-8-7(3)4/h5-6H2,1-4H3. The summed E-state index contributed by atoms with van der Waals surface area (Å²) in [5.41, 5.74) is 0.786. The zero-order valence-corrected chi connectivity index (χ0v) is 11.0. The first kappa shape index (κ1) is 13.4. The van der Waals surface area contributed by atoms with E-state index in [0.29, 0.717) is 0 Å². The molecule has 0 rings (SSSR count). The van der Waals surface area contributed by atoms with Gasteiger partial charge in [0.15, 0.2) is 0 Å². The molecule has 0 amide bonds. The number of oxime groups is 1. The molecule has 78 valence electrons. The minimum absolute atomic E-state index is 0.780. The number of hydrogen-bond acceptors (Lipinski definition) is 5. The highest BCUT2D eigenvalue weighted by molar-refractivity contribution is 8.89. The lowest BCUT2D eigenvalue weighted by Gasteiger charge is -2.11. The van der Waals surface area contributed by atoms with Gasteiger partial charge in [-0.3, -0.25) is 4.57 Å². The second kappa shape index (κ2) is 6.80. The van der Waals surface area contributed by atoms with Crippen molar-refractivity contribution in [3.63, 3.8) is 0 Å². The Balaban J connectivity index is 4.24. The van der Waals surface area contributed by atoms with E-state index in [0.717, 1.165) is 17.2 Å². The van der Waals surface area contributed by atoms with Crippen molar-refractivity contribution >= 4 is 34.2 Å². The fourth-order valence-corrected chi connectivity index (χ4v) is 6.77. The molecule has 13 heavy (non-hydrogen) atoms. The van der Waals surface area contributed by atoms with Crippen LogP contribution in [0, 0.1) is 0 Å². The lowest BCUT2D eigenvalue weighted by atomic mass is 10.5. The van der Waals surface area contributed by atoms with E-state index in [-0.39, 0.29) is 0 Å². The van der Waals surface area contributed by atoms with Crippen molar-refractivity contribution in [1.82, 2.24) is 0 Å². The van der Waals surface area contributed by atoms with Gasteiger partial charge in [-0.05, 0) is 36.6 Å². The van der Waals surface area contributed by atoms with Crippen LogP contribution in [-0.2, 0) is 9.19 Å². The summed E-state index contributed by atoms with van der Waals surface area (Å²) in [4.78, 5) is 0. The lowest BCUT2D eigenvalue weighted by Crippen LogP contribution is -1.84. The Morgan fingerprint density at radius 1 is 1.31 bits per heavy atom. The van der Waals surface area contributed by atoms with E-state index in [1.54, 1.807) is 0 Å². The van der Waals surface area contributed by atoms with Gasteiger partial charge in [0.25, 0.3) is 0 Å². The molecule has 0 radical (unpaired) electrons. The van der Waals surface area contributed by atoms with Gasteiger partial charge in [-0.1, -0.05) is 19.0 Å². The highest BCUT2D eigenvalue weighted by Gasteiger charge is 2.24. The van der Waals surface area contributed by atoms with Crippen LogP contribution < -0.4 is 0 Å². The molecule has 0 bridgehead atoms. The molecule has 0 saturated carbocycles. The fraction of sp³-hybridized carbons (Fsp3) is 0.857. The van der Waals surface area contributed by atoms with Crippen molar-refractivity contribution in [1.29, 1.82) is 0 Å². The van der Waals surface area contributed by atoms with Gasteiger partial charge in [-0.25, -0.2) is 0 Å². The maximum absolute atomic E-state index is 11.9. The second-order valence-electron chi connectivity index (χ2n) is 2.40. The number of nitrogens with zero attached hydrogens (tertiary/aromatic N) is 1. The van der Waals surface area contributed by atoms with Crippen molar-refractivity contribution in [2.24, 2.45) is 5.16 Å². The number of hydrogen-bond donors (Lipinski definition) is 0. The van der Waals surface area contributed by atoms with Gasteiger partial charge >= 0.3 is 5.77 Å². The summed E-state index contributed by atoms with van der Waals surface area (Å²) in [5, 5.41) is 3.75. The fourth-order valence-electron chi connectivity index (χ4n) is 0.532. The highest BCUT2D eigenvalue weighted by atomic mass is 33.1. The molecule has 0 atom stereocenters. The highest BCUT2D eigenvalue weighted by Crippen LogP contribution is 2.69. The van der Waals surface area contributed by atoms with Crippen molar-refractivity contribution < 1.29 is 9.19 Å². The van der Waals surface area contributed by atoms with E-state index in [2.05, 4.69) is 5.16 Å². The van der Waals surface area contributed by atoms with Gasteiger partial charge in [0.1, 0.15) is 0 Å². The average Bonchev–Trinajstić information content (AvgIpc) is 2.02. The smallest absolute Gasteiger partial charge is 0.320 e. The van der Waals surface area contributed by atoms with Crippen LogP contribution in [0.15, 0.2) is 5.16 Å². The first-order valence-electron chi connectivity index (χ1n) is 4.13. The molecule has 6 heteroatoms. The largest absolute Gasteiger partial charge is 0.381 e. The Hall–Kier alpha value is 0.400. The first-order chi connectivity index (χ1) is 6.04. The quantitative estimate of drug-likeness (QED) is 0.400. The molecule has 0 aliphatic carbocycles. The third kappa shape index (κ3) is 6.47. The maximum Gasteiger partial charge on any atom is 0.381 e. The molecule has 0 N–H and O–H groups in total. The van der Waals surface area contributed by atoms with Crippen LogP contribution in [0.5, 0.6) is 0 Å². The van der Waals surface area contributed by atoms with Gasteiger partial charge < -0.3 is 4.62 Å². The summed E-state index contributed by atoms with van der Waals surface area (Å²) >= 11 is 2.67. The minimum Gasteiger partial charge on any atom is -0.320 e. The van der Waals surface area contributed by atoms with Gasteiger partial charge in [0.05, 0.1) is 5.71 Å². The maximum atomic E-state index is 11.9. The van der Waals surface area contributed by atoms with Crippen LogP contribution in [0.4, 0.5) is 0 Å². The summed E-state index contributed by atoms with van der Waals surface area (Å²) in [6, 6.07) is 0. The molecular weight excluding hydrogens is 225 g/mol. The SMILES string of the molecule is CCSP(=O)(ON=C(C)C)SCC. The zero-order valence-electron chi connectivity index (χ0n) is 8.44. The number of rotatable bonds is 6. The van der Waals surface area contributed by atoms with Crippen LogP contribution >= 0.6 is 28.5 Å². The van der Waals surface area contributed by atoms with Gasteiger partial charge in [0, 0.05) is 11.5 Å². The monoisotopic (exact) mass is 241 g/mol. The van der Waals surface area contributed by atoms with Crippen LogP contribution in [0.25, 0.3) is 0 Å². The average molecular weight is 241 g/mol. The van der Waals surface area contributed by atoms with Crippen LogP contribution in [-0.4, -0.2) is 17.2 Å². The van der Waals surface area contributed by atoms with Crippen molar-refractivity contribution in [3.8, 4) is 0 Å². The molecule has 0 aromatic heterocycles.